The molecular formula is C21H27N5O4. The fraction of sp³-hybridized carbons (Fsp3) is 0.381. The van der Waals surface area contributed by atoms with Gasteiger partial charge in [-0.2, -0.15) is 15.0 Å². The highest BCUT2D eigenvalue weighted by Gasteiger charge is 2.14. The molecule has 9 nitrogen and oxygen atoms in total. The summed E-state index contributed by atoms with van der Waals surface area (Å²) in [4.78, 5) is 36.7. The smallest absolute Gasteiger partial charge is 0.234 e. The van der Waals surface area contributed by atoms with E-state index in [9.17, 15) is 9.59 Å². The van der Waals surface area contributed by atoms with Gasteiger partial charge in [-0.25, -0.2) is 0 Å². The molecule has 1 aromatic carbocycles. The zero-order chi connectivity index (χ0) is 22.3. The first kappa shape index (κ1) is 22.8. The van der Waals surface area contributed by atoms with E-state index in [1.54, 1.807) is 66.2 Å². The number of methoxy groups -OCH3 is 2. The molecule has 160 valence electrons. The zero-order valence-electron chi connectivity index (χ0n) is 18.0. The molecule has 0 aliphatic carbocycles. The highest BCUT2D eigenvalue weighted by Crippen LogP contribution is 2.28. The van der Waals surface area contributed by atoms with Crippen LogP contribution in [-0.2, 0) is 9.59 Å². The van der Waals surface area contributed by atoms with E-state index in [4.69, 9.17) is 9.47 Å². The molecule has 0 unspecified atom stereocenters. The molecule has 0 fully saturated rings. The predicted molar refractivity (Wildman–Crippen MR) is 115 cm³/mol. The van der Waals surface area contributed by atoms with Gasteiger partial charge in [-0.1, -0.05) is 39.8 Å². The van der Waals surface area contributed by atoms with E-state index in [-0.39, 0.29) is 41.4 Å². The van der Waals surface area contributed by atoms with E-state index in [2.05, 4.69) is 25.6 Å². The standard InChI is InChI=1S/C21H27N5O4/c1-12(2)18(27)24-20-22-17(23-21(26-20)25-19(28)13(3)4)10-8-14-7-9-15(29-5)16(11-14)30-6/h7-13H,1-6H3,(H2,22,23,24,25,26,27,28)/b10-8+. The lowest BCUT2D eigenvalue weighted by Crippen LogP contribution is -2.23. The Hall–Kier alpha value is -3.49. The van der Waals surface area contributed by atoms with Gasteiger partial charge in [-0.05, 0) is 23.8 Å². The van der Waals surface area contributed by atoms with Gasteiger partial charge in [0.25, 0.3) is 0 Å². The van der Waals surface area contributed by atoms with E-state index < -0.39 is 0 Å². The number of nitrogens with zero attached hydrogens (tertiary/aromatic N) is 3. The summed E-state index contributed by atoms with van der Waals surface area (Å²) < 4.78 is 10.5. The van der Waals surface area contributed by atoms with E-state index in [1.807, 2.05) is 6.07 Å². The number of aromatic nitrogens is 3. The molecule has 30 heavy (non-hydrogen) atoms. The first-order valence-electron chi connectivity index (χ1n) is 9.51. The topological polar surface area (TPSA) is 115 Å². The Morgan fingerprint density at radius 2 is 1.37 bits per heavy atom. The van der Waals surface area contributed by atoms with Crippen LogP contribution in [0.1, 0.15) is 39.1 Å². The number of benzene rings is 1. The third-order valence-electron chi connectivity index (χ3n) is 4.00. The monoisotopic (exact) mass is 413 g/mol. The molecule has 0 saturated carbocycles. The first-order chi connectivity index (χ1) is 14.2. The van der Waals surface area contributed by atoms with Crippen molar-refractivity contribution < 1.29 is 19.1 Å². The van der Waals surface area contributed by atoms with E-state index in [0.29, 0.717) is 11.5 Å². The van der Waals surface area contributed by atoms with Crippen LogP contribution in [0.25, 0.3) is 12.2 Å². The molecule has 1 heterocycles. The molecule has 0 atom stereocenters. The van der Waals surface area contributed by atoms with E-state index >= 15 is 0 Å². The molecular weight excluding hydrogens is 386 g/mol. The van der Waals surface area contributed by atoms with Gasteiger partial charge >= 0.3 is 0 Å². The Bertz CT molecular complexity index is 901. The number of hydrogen-bond acceptors (Lipinski definition) is 7. The van der Waals surface area contributed by atoms with Gasteiger partial charge in [0.2, 0.25) is 23.7 Å². The minimum Gasteiger partial charge on any atom is -0.493 e. The zero-order valence-corrected chi connectivity index (χ0v) is 18.0. The van der Waals surface area contributed by atoms with Crippen molar-refractivity contribution in [3.63, 3.8) is 0 Å². The van der Waals surface area contributed by atoms with Crippen LogP contribution in [0.2, 0.25) is 0 Å². The molecule has 2 N–H and O–H groups in total. The quantitative estimate of drug-likeness (QED) is 0.682. The SMILES string of the molecule is COc1ccc(/C=C/c2nc(NC(=O)C(C)C)nc(NC(=O)C(C)C)n2)cc1OC. The van der Waals surface area contributed by atoms with Crippen molar-refractivity contribution in [1.82, 2.24) is 15.0 Å². The van der Waals surface area contributed by atoms with Crippen LogP contribution in [0, 0.1) is 11.8 Å². The number of nitrogens with one attached hydrogen (secondary N) is 2. The van der Waals surface area contributed by atoms with Crippen molar-refractivity contribution >= 4 is 35.9 Å². The summed E-state index contributed by atoms with van der Waals surface area (Å²) in [6, 6.07) is 5.44. The molecule has 0 radical (unpaired) electrons. The molecule has 2 amide bonds. The second kappa shape index (κ2) is 10.3. The highest BCUT2D eigenvalue weighted by atomic mass is 16.5. The first-order valence-corrected chi connectivity index (χ1v) is 9.51. The molecule has 1 aromatic heterocycles. The fourth-order valence-corrected chi connectivity index (χ4v) is 2.21. The summed E-state index contributed by atoms with van der Waals surface area (Å²) in [7, 11) is 3.13. The highest BCUT2D eigenvalue weighted by molar-refractivity contribution is 5.92. The van der Waals surface area contributed by atoms with Crippen LogP contribution in [0.15, 0.2) is 18.2 Å². The van der Waals surface area contributed by atoms with Crippen molar-refractivity contribution in [2.24, 2.45) is 11.8 Å². The maximum atomic E-state index is 12.0. The van der Waals surface area contributed by atoms with Crippen LogP contribution >= 0.6 is 0 Å². The number of carbonyl (C=O) groups is 2. The molecule has 0 saturated heterocycles. The van der Waals surface area contributed by atoms with E-state index in [0.717, 1.165) is 5.56 Å². The summed E-state index contributed by atoms with van der Waals surface area (Å²) in [6.07, 6.45) is 3.43. The largest absolute Gasteiger partial charge is 0.493 e. The molecule has 0 spiro atoms. The van der Waals surface area contributed by atoms with Crippen molar-refractivity contribution in [2.45, 2.75) is 27.7 Å². The maximum Gasteiger partial charge on any atom is 0.234 e. The number of hydrogen-bond donors (Lipinski definition) is 2. The van der Waals surface area contributed by atoms with Crippen molar-refractivity contribution in [3.8, 4) is 11.5 Å². The van der Waals surface area contributed by atoms with Crippen LogP contribution in [0.4, 0.5) is 11.9 Å². The van der Waals surface area contributed by atoms with Crippen LogP contribution in [-0.4, -0.2) is 41.0 Å². The van der Waals surface area contributed by atoms with Gasteiger partial charge in [0.15, 0.2) is 17.3 Å². The molecule has 2 aromatic rings. The lowest BCUT2D eigenvalue weighted by Gasteiger charge is -2.10. The Labute approximate surface area is 175 Å². The van der Waals surface area contributed by atoms with Crippen molar-refractivity contribution in [1.29, 1.82) is 0 Å². The number of ether oxygens (including phenoxy) is 2. The third kappa shape index (κ3) is 6.26. The van der Waals surface area contributed by atoms with Gasteiger partial charge in [-0.15, -0.1) is 0 Å². The molecule has 2 rings (SSSR count). The summed E-state index contributed by atoms with van der Waals surface area (Å²) in [6.45, 7) is 7.04. The Morgan fingerprint density at radius 3 is 1.83 bits per heavy atom. The lowest BCUT2D eigenvalue weighted by atomic mass is 10.2. The molecule has 0 aliphatic heterocycles. The second-order valence-electron chi connectivity index (χ2n) is 7.08. The summed E-state index contributed by atoms with van der Waals surface area (Å²) >= 11 is 0. The maximum absolute atomic E-state index is 12.0. The summed E-state index contributed by atoms with van der Waals surface area (Å²) in [5, 5.41) is 5.27. The molecule has 0 bridgehead atoms. The van der Waals surface area contributed by atoms with Gasteiger partial charge in [0.05, 0.1) is 14.2 Å². The molecule has 9 heteroatoms. The Morgan fingerprint density at radius 1 is 0.833 bits per heavy atom. The van der Waals surface area contributed by atoms with Gasteiger partial charge < -0.3 is 9.47 Å². The number of amides is 2. The second-order valence-corrected chi connectivity index (χ2v) is 7.08. The minimum absolute atomic E-state index is 0.0646. The average molecular weight is 413 g/mol. The van der Waals surface area contributed by atoms with Crippen LogP contribution < -0.4 is 20.1 Å². The number of carbonyl (C=O) groups excluding carboxylic acids is 2. The molecule has 0 aliphatic rings. The fourth-order valence-electron chi connectivity index (χ4n) is 2.21. The summed E-state index contributed by atoms with van der Waals surface area (Å²) in [5.41, 5.74) is 0.827. The third-order valence-corrected chi connectivity index (χ3v) is 4.00. The van der Waals surface area contributed by atoms with Gasteiger partial charge in [-0.3, -0.25) is 20.2 Å². The minimum atomic E-state index is -0.249. The number of anilines is 2. The average Bonchev–Trinajstić information content (AvgIpc) is 2.71. The Kier molecular flexibility index (Phi) is 7.85. The van der Waals surface area contributed by atoms with Crippen LogP contribution in [0.5, 0.6) is 11.5 Å². The van der Waals surface area contributed by atoms with Gasteiger partial charge in [0.1, 0.15) is 0 Å². The number of rotatable bonds is 8. The van der Waals surface area contributed by atoms with Crippen molar-refractivity contribution in [2.75, 3.05) is 24.9 Å². The van der Waals surface area contributed by atoms with Crippen molar-refractivity contribution in [3.05, 3.63) is 29.6 Å². The van der Waals surface area contributed by atoms with E-state index in [1.165, 1.54) is 0 Å². The van der Waals surface area contributed by atoms with Gasteiger partial charge in [0, 0.05) is 11.8 Å². The predicted octanol–water partition coefficient (Wildman–Crippen LogP) is 3.25. The normalized spacial score (nSPS) is 11.1. The Balaban J connectivity index is 2.35. The summed E-state index contributed by atoms with van der Waals surface area (Å²) in [5.74, 6) is 0.636. The lowest BCUT2D eigenvalue weighted by molar-refractivity contribution is -0.119. The van der Waals surface area contributed by atoms with Crippen LogP contribution in [0.3, 0.4) is 0 Å².